The first-order chi connectivity index (χ1) is 6.23. The highest BCUT2D eigenvalue weighted by atomic mass is 16.5. The zero-order chi connectivity index (χ0) is 9.31. The van der Waals surface area contributed by atoms with E-state index in [-0.39, 0.29) is 17.6 Å². The third kappa shape index (κ3) is 1.57. The molecular weight excluding hydrogens is 166 g/mol. The lowest BCUT2D eigenvalue weighted by Crippen LogP contribution is -2.48. The molecule has 1 heterocycles. The second kappa shape index (κ2) is 3.29. The van der Waals surface area contributed by atoms with Crippen LogP contribution in [0.1, 0.15) is 39.0 Å². The number of nitrogens with one attached hydrogen (secondary N) is 1. The molecular formula is C10H17NO2. The standard InChI is InChI=1S/C10H17NO2/c1-8(12)13-9-4-2-5-10(9)6-3-7-11-10/h9,11H,2-7H2,1H3/t9-,10-/m0/s1. The van der Waals surface area contributed by atoms with E-state index in [4.69, 9.17) is 4.74 Å². The molecule has 2 rings (SSSR count). The number of ether oxygens (including phenoxy) is 1. The Kier molecular flexibility index (Phi) is 2.28. The van der Waals surface area contributed by atoms with Gasteiger partial charge in [-0.3, -0.25) is 4.79 Å². The molecule has 3 nitrogen and oxygen atoms in total. The van der Waals surface area contributed by atoms with Gasteiger partial charge in [-0.25, -0.2) is 0 Å². The topological polar surface area (TPSA) is 38.3 Å². The van der Waals surface area contributed by atoms with Crippen molar-refractivity contribution in [2.24, 2.45) is 0 Å². The van der Waals surface area contributed by atoms with Gasteiger partial charge >= 0.3 is 5.97 Å². The first-order valence-corrected chi connectivity index (χ1v) is 5.15. The molecule has 0 radical (unpaired) electrons. The van der Waals surface area contributed by atoms with Gasteiger partial charge in [0.05, 0.1) is 5.54 Å². The van der Waals surface area contributed by atoms with Crippen LogP contribution in [-0.4, -0.2) is 24.2 Å². The Morgan fingerprint density at radius 2 is 2.23 bits per heavy atom. The number of carbonyl (C=O) groups excluding carboxylic acids is 1. The highest BCUT2D eigenvalue weighted by Crippen LogP contribution is 2.38. The molecule has 2 aliphatic rings. The van der Waals surface area contributed by atoms with Crippen molar-refractivity contribution in [3.8, 4) is 0 Å². The first-order valence-electron chi connectivity index (χ1n) is 5.15. The van der Waals surface area contributed by atoms with Gasteiger partial charge in [-0.1, -0.05) is 0 Å². The fourth-order valence-electron chi connectivity index (χ4n) is 2.73. The number of hydrogen-bond donors (Lipinski definition) is 1. The Balaban J connectivity index is 2.04. The van der Waals surface area contributed by atoms with E-state index in [1.54, 1.807) is 0 Å². The minimum atomic E-state index is -0.139. The van der Waals surface area contributed by atoms with Gasteiger partial charge in [0.25, 0.3) is 0 Å². The van der Waals surface area contributed by atoms with E-state index in [0.29, 0.717) is 0 Å². The maximum Gasteiger partial charge on any atom is 0.302 e. The maximum atomic E-state index is 10.9. The molecule has 0 amide bonds. The quantitative estimate of drug-likeness (QED) is 0.621. The third-order valence-electron chi connectivity index (χ3n) is 3.29. The molecule has 1 N–H and O–H groups in total. The van der Waals surface area contributed by atoms with Gasteiger partial charge in [0.1, 0.15) is 6.10 Å². The average Bonchev–Trinajstić information content (AvgIpc) is 2.64. The third-order valence-corrected chi connectivity index (χ3v) is 3.29. The van der Waals surface area contributed by atoms with Gasteiger partial charge in [0.15, 0.2) is 0 Å². The number of esters is 1. The normalized spacial score (nSPS) is 38.4. The van der Waals surface area contributed by atoms with Crippen molar-refractivity contribution in [2.45, 2.75) is 50.7 Å². The SMILES string of the molecule is CC(=O)O[C@H]1CCC[C@]12CCCN2. The minimum absolute atomic E-state index is 0.132. The number of rotatable bonds is 1. The van der Waals surface area contributed by atoms with E-state index in [1.165, 1.54) is 32.6 Å². The molecule has 2 fully saturated rings. The highest BCUT2D eigenvalue weighted by molar-refractivity contribution is 5.66. The lowest BCUT2D eigenvalue weighted by Gasteiger charge is -2.30. The Bertz CT molecular complexity index is 203. The summed E-state index contributed by atoms with van der Waals surface area (Å²) in [5.41, 5.74) is 0.145. The Morgan fingerprint density at radius 3 is 2.85 bits per heavy atom. The summed E-state index contributed by atoms with van der Waals surface area (Å²) in [6, 6.07) is 0. The van der Waals surface area contributed by atoms with Crippen LogP contribution in [0, 0.1) is 0 Å². The van der Waals surface area contributed by atoms with Gasteiger partial charge in [-0.05, 0) is 38.6 Å². The van der Waals surface area contributed by atoms with Gasteiger partial charge in [0, 0.05) is 6.92 Å². The van der Waals surface area contributed by atoms with E-state index in [0.717, 1.165) is 13.0 Å². The zero-order valence-electron chi connectivity index (χ0n) is 8.14. The summed E-state index contributed by atoms with van der Waals surface area (Å²) >= 11 is 0. The van der Waals surface area contributed by atoms with Crippen molar-refractivity contribution in [2.75, 3.05) is 6.54 Å². The summed E-state index contributed by atoms with van der Waals surface area (Å²) in [5, 5.41) is 3.51. The fraction of sp³-hybridized carbons (Fsp3) is 0.900. The molecule has 0 bridgehead atoms. The molecule has 1 aliphatic carbocycles. The van der Waals surface area contributed by atoms with Crippen LogP contribution in [0.5, 0.6) is 0 Å². The Labute approximate surface area is 78.8 Å². The predicted molar refractivity (Wildman–Crippen MR) is 49.4 cm³/mol. The summed E-state index contributed by atoms with van der Waals surface area (Å²) in [6.45, 7) is 2.58. The zero-order valence-corrected chi connectivity index (χ0v) is 8.14. The smallest absolute Gasteiger partial charge is 0.302 e. The number of carbonyl (C=O) groups is 1. The molecule has 0 aromatic carbocycles. The Hall–Kier alpha value is -0.570. The second-order valence-electron chi connectivity index (χ2n) is 4.18. The van der Waals surface area contributed by atoms with Crippen LogP contribution in [0.3, 0.4) is 0 Å². The maximum absolute atomic E-state index is 10.9. The molecule has 0 aromatic rings. The summed E-state index contributed by atoms with van der Waals surface area (Å²) in [5.74, 6) is -0.139. The largest absolute Gasteiger partial charge is 0.461 e. The van der Waals surface area contributed by atoms with Crippen LogP contribution >= 0.6 is 0 Å². The monoisotopic (exact) mass is 183 g/mol. The number of hydrogen-bond acceptors (Lipinski definition) is 3. The highest BCUT2D eigenvalue weighted by Gasteiger charge is 2.46. The van der Waals surface area contributed by atoms with E-state index in [9.17, 15) is 4.79 Å². The molecule has 13 heavy (non-hydrogen) atoms. The average molecular weight is 183 g/mol. The van der Waals surface area contributed by atoms with Crippen LogP contribution in [0.25, 0.3) is 0 Å². The molecule has 74 valence electrons. The van der Waals surface area contributed by atoms with Gasteiger partial charge < -0.3 is 10.1 Å². The molecule has 3 heteroatoms. The summed E-state index contributed by atoms with van der Waals surface area (Å²) in [4.78, 5) is 10.9. The molecule has 1 saturated carbocycles. The molecule has 2 atom stereocenters. The van der Waals surface area contributed by atoms with Crippen molar-refractivity contribution in [3.63, 3.8) is 0 Å². The fourth-order valence-corrected chi connectivity index (χ4v) is 2.73. The van der Waals surface area contributed by atoms with Crippen molar-refractivity contribution in [1.29, 1.82) is 0 Å². The van der Waals surface area contributed by atoms with Gasteiger partial charge in [0.2, 0.25) is 0 Å². The summed E-state index contributed by atoms with van der Waals surface area (Å²) < 4.78 is 5.35. The first kappa shape index (κ1) is 9.00. The summed E-state index contributed by atoms with van der Waals surface area (Å²) in [6.07, 6.45) is 5.91. The van der Waals surface area contributed by atoms with Crippen molar-refractivity contribution < 1.29 is 9.53 Å². The van der Waals surface area contributed by atoms with Crippen LogP contribution in [0.4, 0.5) is 0 Å². The van der Waals surface area contributed by atoms with Crippen LogP contribution < -0.4 is 5.32 Å². The lowest BCUT2D eigenvalue weighted by molar-refractivity contribution is -0.149. The molecule has 0 aromatic heterocycles. The lowest BCUT2D eigenvalue weighted by atomic mass is 9.93. The molecule has 1 saturated heterocycles. The van der Waals surface area contributed by atoms with Crippen molar-refractivity contribution in [3.05, 3.63) is 0 Å². The van der Waals surface area contributed by atoms with Crippen LogP contribution in [0.2, 0.25) is 0 Å². The predicted octanol–water partition coefficient (Wildman–Crippen LogP) is 1.22. The molecule has 1 aliphatic heterocycles. The van der Waals surface area contributed by atoms with Gasteiger partial charge in [-0.2, -0.15) is 0 Å². The van der Waals surface area contributed by atoms with E-state index < -0.39 is 0 Å². The van der Waals surface area contributed by atoms with Gasteiger partial charge in [-0.15, -0.1) is 0 Å². The van der Waals surface area contributed by atoms with E-state index >= 15 is 0 Å². The second-order valence-corrected chi connectivity index (χ2v) is 4.18. The molecule has 0 unspecified atom stereocenters. The Morgan fingerprint density at radius 1 is 1.46 bits per heavy atom. The van der Waals surface area contributed by atoms with Crippen LogP contribution in [-0.2, 0) is 9.53 Å². The van der Waals surface area contributed by atoms with Crippen molar-refractivity contribution in [1.82, 2.24) is 5.32 Å². The minimum Gasteiger partial charge on any atom is -0.461 e. The summed E-state index contributed by atoms with van der Waals surface area (Å²) in [7, 11) is 0. The van der Waals surface area contributed by atoms with Crippen LogP contribution in [0.15, 0.2) is 0 Å². The van der Waals surface area contributed by atoms with E-state index in [1.807, 2.05) is 0 Å². The van der Waals surface area contributed by atoms with E-state index in [2.05, 4.69) is 5.32 Å². The van der Waals surface area contributed by atoms with Crippen molar-refractivity contribution >= 4 is 5.97 Å². The molecule has 1 spiro atoms.